The van der Waals surface area contributed by atoms with Crippen LogP contribution in [0.15, 0.2) is 182 Å². The fourth-order valence-electron chi connectivity index (χ4n) is 7.76. The van der Waals surface area contributed by atoms with Crippen molar-refractivity contribution >= 4 is 43.6 Å². The van der Waals surface area contributed by atoms with Crippen molar-refractivity contribution in [3.8, 4) is 51.1 Å². The first-order valence-electron chi connectivity index (χ1n) is 17.4. The van der Waals surface area contributed by atoms with Gasteiger partial charge in [-0.1, -0.05) is 121 Å². The minimum absolute atomic E-state index is 0.634. The molecular formula is C48H30N4. The lowest BCUT2D eigenvalue weighted by molar-refractivity contribution is 1.17. The van der Waals surface area contributed by atoms with Crippen LogP contribution >= 0.6 is 0 Å². The van der Waals surface area contributed by atoms with E-state index in [0.717, 1.165) is 77.9 Å². The van der Waals surface area contributed by atoms with Crippen molar-refractivity contribution in [3.63, 3.8) is 0 Å². The Kier molecular flexibility index (Phi) is 6.84. The molecule has 0 unspecified atom stereocenters. The number of nitriles is 1. The van der Waals surface area contributed by atoms with Crippen LogP contribution in [0.5, 0.6) is 0 Å². The topological polar surface area (TPSA) is 46.5 Å². The van der Waals surface area contributed by atoms with Gasteiger partial charge < -0.3 is 9.13 Å². The number of pyridine rings is 1. The molecule has 0 aliphatic heterocycles. The van der Waals surface area contributed by atoms with Crippen LogP contribution in [-0.4, -0.2) is 14.1 Å². The third kappa shape index (κ3) is 4.72. The predicted octanol–water partition coefficient (Wildman–Crippen LogP) is 12.1. The van der Waals surface area contributed by atoms with Gasteiger partial charge >= 0.3 is 0 Å². The van der Waals surface area contributed by atoms with Gasteiger partial charge in [0.15, 0.2) is 0 Å². The van der Waals surface area contributed by atoms with Crippen LogP contribution in [0.1, 0.15) is 5.56 Å². The Morgan fingerprint density at radius 3 is 1.67 bits per heavy atom. The summed E-state index contributed by atoms with van der Waals surface area (Å²) in [6, 6.07) is 66.0. The number of hydrogen-bond donors (Lipinski definition) is 0. The average molecular weight is 663 g/mol. The van der Waals surface area contributed by atoms with E-state index >= 15 is 0 Å². The van der Waals surface area contributed by atoms with Crippen molar-refractivity contribution in [2.24, 2.45) is 0 Å². The van der Waals surface area contributed by atoms with Crippen molar-refractivity contribution in [1.29, 1.82) is 5.26 Å². The van der Waals surface area contributed by atoms with Gasteiger partial charge in [-0.2, -0.15) is 5.26 Å². The van der Waals surface area contributed by atoms with E-state index in [9.17, 15) is 5.26 Å². The Morgan fingerprint density at radius 1 is 0.404 bits per heavy atom. The summed E-state index contributed by atoms with van der Waals surface area (Å²) in [4.78, 5) is 5.09. The normalized spacial score (nSPS) is 11.4. The molecule has 0 fully saturated rings. The summed E-state index contributed by atoms with van der Waals surface area (Å²) in [7, 11) is 0. The van der Waals surface area contributed by atoms with Gasteiger partial charge in [0.2, 0.25) is 0 Å². The van der Waals surface area contributed by atoms with Gasteiger partial charge in [0.1, 0.15) is 0 Å². The molecular weight excluding hydrogens is 633 g/mol. The minimum Gasteiger partial charge on any atom is -0.309 e. The molecule has 4 nitrogen and oxygen atoms in total. The number of hydrogen-bond acceptors (Lipinski definition) is 2. The second kappa shape index (κ2) is 12.0. The molecule has 0 saturated heterocycles. The SMILES string of the molecule is N#Cc1ccc2c3ccc4c(c5ccccc5n4-c4ccccc4)c3n(-c3ccc(-c4cc(-c5ccccc5)nc(-c5ccccc5)c4)cc3)c2c1. The summed E-state index contributed by atoms with van der Waals surface area (Å²) in [5.41, 5.74) is 13.4. The van der Waals surface area contributed by atoms with Crippen LogP contribution in [0.3, 0.4) is 0 Å². The van der Waals surface area contributed by atoms with Gasteiger partial charge in [-0.3, -0.25) is 0 Å². The summed E-state index contributed by atoms with van der Waals surface area (Å²) in [5, 5.41) is 14.6. The van der Waals surface area contributed by atoms with E-state index in [4.69, 9.17) is 4.98 Å². The highest BCUT2D eigenvalue weighted by atomic mass is 15.0. The van der Waals surface area contributed by atoms with Crippen LogP contribution in [0.2, 0.25) is 0 Å². The Morgan fingerprint density at radius 2 is 1.00 bits per heavy atom. The fraction of sp³-hybridized carbons (Fsp3) is 0. The maximum Gasteiger partial charge on any atom is 0.0992 e. The Hall–Kier alpha value is -7.22. The van der Waals surface area contributed by atoms with Crippen LogP contribution in [0, 0.1) is 11.3 Å². The van der Waals surface area contributed by atoms with E-state index in [-0.39, 0.29) is 0 Å². The van der Waals surface area contributed by atoms with Crippen LogP contribution in [-0.2, 0) is 0 Å². The third-order valence-electron chi connectivity index (χ3n) is 10.1. The zero-order chi connectivity index (χ0) is 34.6. The summed E-state index contributed by atoms with van der Waals surface area (Å²) in [6.45, 7) is 0. The molecule has 7 aromatic carbocycles. The summed E-state index contributed by atoms with van der Waals surface area (Å²) in [6.07, 6.45) is 0. The van der Waals surface area contributed by atoms with Gasteiger partial charge in [-0.15, -0.1) is 0 Å². The molecule has 0 saturated carbocycles. The van der Waals surface area contributed by atoms with Gasteiger partial charge in [0, 0.05) is 44.0 Å². The highest BCUT2D eigenvalue weighted by Crippen LogP contribution is 2.42. The Bertz CT molecular complexity index is 2930. The standard InChI is InChI=1S/C48H30N4/c49-31-32-20-25-39-40-26-27-45-47(41-18-10-11-19-44(41)51(45)37-16-8-3-9-17-37)48(40)52(46(39)28-32)38-23-21-33(22-24-38)36-29-42(34-12-4-1-5-13-34)50-43(30-36)35-14-6-2-7-15-35/h1-30H. The highest BCUT2D eigenvalue weighted by molar-refractivity contribution is 6.26. The minimum atomic E-state index is 0.634. The van der Waals surface area contributed by atoms with E-state index in [1.807, 2.05) is 24.3 Å². The van der Waals surface area contributed by atoms with Gasteiger partial charge in [-0.25, -0.2) is 4.98 Å². The molecule has 10 aromatic rings. The number of benzene rings is 7. The van der Waals surface area contributed by atoms with Gasteiger partial charge in [-0.05, 0) is 71.8 Å². The maximum atomic E-state index is 9.98. The highest BCUT2D eigenvalue weighted by Gasteiger charge is 2.21. The Labute approximate surface area is 300 Å². The third-order valence-corrected chi connectivity index (χ3v) is 10.1. The Balaban J connectivity index is 1.22. The summed E-state index contributed by atoms with van der Waals surface area (Å²) < 4.78 is 4.70. The molecule has 3 heterocycles. The van der Waals surface area contributed by atoms with Crippen LogP contribution in [0.25, 0.3) is 88.6 Å². The average Bonchev–Trinajstić information content (AvgIpc) is 3.74. The van der Waals surface area contributed by atoms with Crippen molar-refractivity contribution < 1.29 is 0 Å². The maximum absolute atomic E-state index is 9.98. The molecule has 0 atom stereocenters. The lowest BCUT2D eigenvalue weighted by atomic mass is 10.00. The molecule has 0 radical (unpaired) electrons. The summed E-state index contributed by atoms with van der Waals surface area (Å²) >= 11 is 0. The monoisotopic (exact) mass is 662 g/mol. The van der Waals surface area contributed by atoms with Crippen LogP contribution < -0.4 is 0 Å². The quantitative estimate of drug-likeness (QED) is 0.184. The molecule has 0 amide bonds. The molecule has 52 heavy (non-hydrogen) atoms. The first-order chi connectivity index (χ1) is 25.7. The zero-order valence-electron chi connectivity index (χ0n) is 28.1. The number of rotatable bonds is 5. The number of aromatic nitrogens is 3. The van der Waals surface area contributed by atoms with E-state index < -0.39 is 0 Å². The molecule has 0 spiro atoms. The lowest BCUT2D eigenvalue weighted by Gasteiger charge is -2.13. The van der Waals surface area contributed by atoms with E-state index in [2.05, 4.69) is 173 Å². The smallest absolute Gasteiger partial charge is 0.0992 e. The predicted molar refractivity (Wildman–Crippen MR) is 214 cm³/mol. The molecule has 0 bridgehead atoms. The number of fused-ring (bicyclic) bond motifs is 7. The number of nitrogens with zero attached hydrogens (tertiary/aromatic N) is 4. The molecule has 3 aromatic heterocycles. The zero-order valence-corrected chi connectivity index (χ0v) is 28.1. The molecule has 0 aliphatic carbocycles. The van der Waals surface area contributed by atoms with E-state index in [0.29, 0.717) is 5.56 Å². The van der Waals surface area contributed by atoms with E-state index in [1.165, 1.54) is 10.8 Å². The second-order valence-corrected chi connectivity index (χ2v) is 13.1. The van der Waals surface area contributed by atoms with Crippen molar-refractivity contribution in [3.05, 3.63) is 188 Å². The molecule has 0 aliphatic rings. The summed E-state index contributed by atoms with van der Waals surface area (Å²) in [5.74, 6) is 0. The van der Waals surface area contributed by atoms with Gasteiger partial charge in [0.25, 0.3) is 0 Å². The molecule has 4 heteroatoms. The largest absolute Gasteiger partial charge is 0.309 e. The second-order valence-electron chi connectivity index (χ2n) is 13.1. The van der Waals surface area contributed by atoms with Crippen molar-refractivity contribution in [2.75, 3.05) is 0 Å². The molecule has 0 N–H and O–H groups in total. The lowest BCUT2D eigenvalue weighted by Crippen LogP contribution is -1.96. The molecule has 10 rings (SSSR count). The van der Waals surface area contributed by atoms with Crippen LogP contribution in [0.4, 0.5) is 0 Å². The van der Waals surface area contributed by atoms with Crippen molar-refractivity contribution in [1.82, 2.24) is 14.1 Å². The first-order valence-corrected chi connectivity index (χ1v) is 17.4. The fourth-order valence-corrected chi connectivity index (χ4v) is 7.76. The van der Waals surface area contributed by atoms with E-state index in [1.54, 1.807) is 0 Å². The van der Waals surface area contributed by atoms with Gasteiger partial charge in [0.05, 0.1) is 45.1 Å². The van der Waals surface area contributed by atoms with Crippen molar-refractivity contribution in [2.45, 2.75) is 0 Å². The first kappa shape index (κ1) is 29.7. The molecule has 242 valence electrons. The number of para-hydroxylation sites is 2.